The van der Waals surface area contributed by atoms with E-state index in [9.17, 15) is 9.59 Å². The summed E-state index contributed by atoms with van der Waals surface area (Å²) < 4.78 is 5.92. The first-order chi connectivity index (χ1) is 10.6. The van der Waals surface area contributed by atoms with E-state index in [1.807, 2.05) is 4.90 Å². The summed E-state index contributed by atoms with van der Waals surface area (Å²) in [4.78, 5) is 29.0. The Morgan fingerprint density at radius 2 is 2.18 bits per heavy atom. The molecule has 3 rings (SSSR count). The lowest BCUT2D eigenvalue weighted by atomic mass is 10.0. The van der Waals surface area contributed by atoms with Gasteiger partial charge in [0.25, 0.3) is 5.91 Å². The van der Waals surface area contributed by atoms with Crippen molar-refractivity contribution in [3.8, 4) is 0 Å². The van der Waals surface area contributed by atoms with E-state index in [0.29, 0.717) is 11.7 Å². The number of carbonyl (C=O) groups is 2. The van der Waals surface area contributed by atoms with Crippen LogP contribution in [0, 0.1) is 0 Å². The number of aromatic nitrogens is 1. The second kappa shape index (κ2) is 6.69. The van der Waals surface area contributed by atoms with Gasteiger partial charge in [-0.15, -0.1) is 0 Å². The van der Waals surface area contributed by atoms with Crippen molar-refractivity contribution >= 4 is 27.8 Å². The lowest BCUT2D eigenvalue weighted by Gasteiger charge is -2.27. The van der Waals surface area contributed by atoms with Gasteiger partial charge in [-0.1, -0.05) is 6.08 Å². The molecule has 2 aliphatic rings. The van der Waals surface area contributed by atoms with Gasteiger partial charge in [0, 0.05) is 22.4 Å². The Morgan fingerprint density at radius 1 is 1.36 bits per heavy atom. The molecule has 1 amide bonds. The Morgan fingerprint density at radius 3 is 2.77 bits per heavy atom. The molecule has 0 bridgehead atoms. The van der Waals surface area contributed by atoms with E-state index in [2.05, 4.69) is 27.0 Å². The number of ether oxygens (including phenoxy) is 1. The van der Waals surface area contributed by atoms with Crippen LogP contribution in [0.25, 0.3) is 0 Å². The lowest BCUT2D eigenvalue weighted by molar-refractivity contribution is -0.133. The number of aromatic amines is 1. The molecule has 5 nitrogen and oxygen atoms in total. The molecule has 1 heterocycles. The van der Waals surface area contributed by atoms with Crippen LogP contribution < -0.4 is 0 Å². The lowest BCUT2D eigenvalue weighted by Crippen LogP contribution is -2.36. The predicted octanol–water partition coefficient (Wildman–Crippen LogP) is 3.38. The molecular formula is C16H19BrN2O3. The van der Waals surface area contributed by atoms with Crippen LogP contribution in [-0.4, -0.2) is 34.4 Å². The van der Waals surface area contributed by atoms with Crippen LogP contribution in [-0.2, 0) is 9.53 Å². The minimum atomic E-state index is -0.507. The number of hydrogen-bond acceptors (Lipinski definition) is 3. The number of esters is 1. The minimum Gasteiger partial charge on any atom is -0.451 e. The monoisotopic (exact) mass is 366 g/mol. The molecule has 0 unspecified atom stereocenters. The zero-order valence-corrected chi connectivity index (χ0v) is 13.9. The first kappa shape index (κ1) is 15.3. The van der Waals surface area contributed by atoms with Gasteiger partial charge in [-0.25, -0.2) is 4.79 Å². The maximum absolute atomic E-state index is 12.5. The molecule has 22 heavy (non-hydrogen) atoms. The number of carbonyl (C=O) groups excluding carboxylic acids is 2. The quantitative estimate of drug-likeness (QED) is 0.812. The molecule has 1 aromatic rings. The van der Waals surface area contributed by atoms with Crippen LogP contribution in [0.15, 0.2) is 28.5 Å². The van der Waals surface area contributed by atoms with Gasteiger partial charge in [0.1, 0.15) is 5.69 Å². The van der Waals surface area contributed by atoms with Crippen molar-refractivity contribution in [2.45, 2.75) is 44.6 Å². The average Bonchev–Trinajstić information content (AvgIpc) is 3.26. The number of halogens is 1. The van der Waals surface area contributed by atoms with E-state index >= 15 is 0 Å². The van der Waals surface area contributed by atoms with Gasteiger partial charge in [-0.2, -0.15) is 0 Å². The summed E-state index contributed by atoms with van der Waals surface area (Å²) in [5, 5.41) is 0. The molecule has 6 heteroatoms. The van der Waals surface area contributed by atoms with Crippen LogP contribution >= 0.6 is 15.9 Å². The fourth-order valence-electron chi connectivity index (χ4n) is 2.73. The predicted molar refractivity (Wildman–Crippen MR) is 85.2 cm³/mol. The van der Waals surface area contributed by atoms with Crippen LogP contribution in [0.4, 0.5) is 0 Å². The van der Waals surface area contributed by atoms with Gasteiger partial charge in [0.05, 0.1) is 0 Å². The second-order valence-electron chi connectivity index (χ2n) is 5.74. The zero-order chi connectivity index (χ0) is 15.5. The summed E-state index contributed by atoms with van der Waals surface area (Å²) in [6.07, 6.45) is 10.2. The minimum absolute atomic E-state index is 0.116. The number of rotatable bonds is 5. The van der Waals surface area contributed by atoms with Gasteiger partial charge in [-0.05, 0) is 60.5 Å². The largest absolute Gasteiger partial charge is 0.451 e. The van der Waals surface area contributed by atoms with Gasteiger partial charge in [0.15, 0.2) is 6.61 Å². The smallest absolute Gasteiger partial charge is 0.355 e. The Kier molecular flexibility index (Phi) is 4.66. The first-order valence-corrected chi connectivity index (χ1v) is 8.46. The fraction of sp³-hybridized carbons (Fsp3) is 0.500. The molecular weight excluding hydrogens is 348 g/mol. The third-order valence-electron chi connectivity index (χ3n) is 3.95. The number of amides is 1. The second-order valence-corrected chi connectivity index (χ2v) is 6.66. The van der Waals surface area contributed by atoms with Gasteiger partial charge >= 0.3 is 5.97 Å². The normalized spacial score (nSPS) is 17.8. The number of nitrogens with one attached hydrogen (secondary N) is 1. The standard InChI is InChI=1S/C16H19BrN2O3/c17-11-8-14(18-9-11)16(21)22-10-15(20)19(13-6-7-13)12-4-2-1-3-5-12/h4,8-9,13,18H,1-3,5-7,10H2. The summed E-state index contributed by atoms with van der Waals surface area (Å²) in [5.74, 6) is -0.623. The van der Waals surface area contributed by atoms with E-state index in [-0.39, 0.29) is 12.5 Å². The molecule has 1 fully saturated rings. The molecule has 0 atom stereocenters. The Balaban J connectivity index is 1.59. The summed E-state index contributed by atoms with van der Waals surface area (Å²) in [5.41, 5.74) is 1.45. The van der Waals surface area contributed by atoms with Gasteiger partial charge in [-0.3, -0.25) is 4.79 Å². The highest BCUT2D eigenvalue weighted by Crippen LogP contribution is 2.33. The molecule has 0 radical (unpaired) electrons. The maximum Gasteiger partial charge on any atom is 0.355 e. The van der Waals surface area contributed by atoms with Crippen molar-refractivity contribution in [1.82, 2.24) is 9.88 Å². The highest BCUT2D eigenvalue weighted by molar-refractivity contribution is 9.10. The van der Waals surface area contributed by atoms with E-state index < -0.39 is 5.97 Å². The van der Waals surface area contributed by atoms with Gasteiger partial charge in [0.2, 0.25) is 0 Å². The van der Waals surface area contributed by atoms with Crippen molar-refractivity contribution in [1.29, 1.82) is 0 Å². The number of H-pyrrole nitrogens is 1. The van der Waals surface area contributed by atoms with E-state index in [4.69, 9.17) is 4.74 Å². The van der Waals surface area contributed by atoms with Crippen LogP contribution in [0.1, 0.15) is 49.0 Å². The van der Waals surface area contributed by atoms with Crippen molar-refractivity contribution < 1.29 is 14.3 Å². The van der Waals surface area contributed by atoms with Crippen molar-refractivity contribution in [3.63, 3.8) is 0 Å². The summed E-state index contributed by atoms with van der Waals surface area (Å²) >= 11 is 3.26. The van der Waals surface area contributed by atoms with Crippen LogP contribution in [0.3, 0.4) is 0 Å². The van der Waals surface area contributed by atoms with Crippen LogP contribution in [0.5, 0.6) is 0 Å². The molecule has 1 N–H and O–H groups in total. The third-order valence-corrected chi connectivity index (χ3v) is 4.41. The fourth-order valence-corrected chi connectivity index (χ4v) is 3.07. The van der Waals surface area contributed by atoms with E-state index in [0.717, 1.165) is 42.3 Å². The summed E-state index contributed by atoms with van der Waals surface area (Å²) in [6, 6.07) is 1.94. The van der Waals surface area contributed by atoms with E-state index in [1.165, 1.54) is 6.42 Å². The molecule has 2 aliphatic carbocycles. The average molecular weight is 367 g/mol. The highest BCUT2D eigenvalue weighted by atomic mass is 79.9. The molecule has 118 valence electrons. The Bertz CT molecular complexity index is 604. The van der Waals surface area contributed by atoms with Crippen molar-refractivity contribution in [3.05, 3.63) is 34.2 Å². The number of allylic oxidation sites excluding steroid dienone is 2. The molecule has 0 aliphatic heterocycles. The number of hydrogen-bond donors (Lipinski definition) is 1. The van der Waals surface area contributed by atoms with Crippen molar-refractivity contribution in [2.24, 2.45) is 0 Å². The molecule has 0 aromatic carbocycles. The first-order valence-electron chi connectivity index (χ1n) is 7.67. The topological polar surface area (TPSA) is 62.4 Å². The highest BCUT2D eigenvalue weighted by Gasteiger charge is 2.35. The van der Waals surface area contributed by atoms with Gasteiger partial charge < -0.3 is 14.6 Å². The zero-order valence-electron chi connectivity index (χ0n) is 12.3. The molecule has 1 aromatic heterocycles. The Hall–Kier alpha value is -1.56. The van der Waals surface area contributed by atoms with Crippen LogP contribution in [0.2, 0.25) is 0 Å². The maximum atomic E-state index is 12.5. The molecule has 1 saturated carbocycles. The number of nitrogens with zero attached hydrogens (tertiary/aromatic N) is 1. The molecule has 0 saturated heterocycles. The summed E-state index contributed by atoms with van der Waals surface area (Å²) in [6.45, 7) is -0.205. The van der Waals surface area contributed by atoms with Crippen molar-refractivity contribution in [2.75, 3.05) is 6.61 Å². The molecule has 0 spiro atoms. The Labute approximate surface area is 137 Å². The SMILES string of the molecule is O=C(OCC(=O)N(C1=CCCCC1)C1CC1)c1cc(Br)c[nH]1. The third kappa shape index (κ3) is 3.61. The summed E-state index contributed by atoms with van der Waals surface area (Å²) in [7, 11) is 0. The van der Waals surface area contributed by atoms with E-state index in [1.54, 1.807) is 12.3 Å².